The molecule has 0 bridgehead atoms. The average Bonchev–Trinajstić information content (AvgIpc) is 2.78. The van der Waals surface area contributed by atoms with Gasteiger partial charge in [0.25, 0.3) is 0 Å². The minimum absolute atomic E-state index is 0.318. The predicted molar refractivity (Wildman–Crippen MR) is 135 cm³/mol. The van der Waals surface area contributed by atoms with Gasteiger partial charge < -0.3 is 19.5 Å². The smallest absolute Gasteiger partial charge is 0.162 e. The zero-order valence-corrected chi connectivity index (χ0v) is 21.2. The molecule has 170 valence electrons. The lowest BCUT2D eigenvalue weighted by Crippen LogP contribution is -2.17. The first-order valence-electron chi connectivity index (χ1n) is 10.4. The van der Waals surface area contributed by atoms with E-state index in [1.54, 1.807) is 19.2 Å². The van der Waals surface area contributed by atoms with Crippen LogP contribution in [-0.2, 0) is 19.6 Å². The SMILES string of the molecule is CCOc1cc(CNCCc2ccccc2OC)c(Br)cc1OCc1ccc(Cl)cc1Cl. The molecule has 0 heterocycles. The van der Waals surface area contributed by atoms with Gasteiger partial charge in [0, 0.05) is 26.6 Å². The summed E-state index contributed by atoms with van der Waals surface area (Å²) in [7, 11) is 1.70. The van der Waals surface area contributed by atoms with Crippen molar-refractivity contribution in [3.8, 4) is 17.2 Å². The molecule has 3 aromatic rings. The van der Waals surface area contributed by atoms with Crippen molar-refractivity contribution in [3.63, 3.8) is 0 Å². The van der Waals surface area contributed by atoms with Crippen LogP contribution in [0.25, 0.3) is 0 Å². The molecule has 0 amide bonds. The number of para-hydroxylation sites is 1. The molecule has 3 aromatic carbocycles. The van der Waals surface area contributed by atoms with Crippen molar-refractivity contribution >= 4 is 39.1 Å². The molecule has 0 radical (unpaired) electrons. The molecule has 1 N–H and O–H groups in total. The van der Waals surface area contributed by atoms with Crippen LogP contribution in [0.4, 0.5) is 0 Å². The lowest BCUT2D eigenvalue weighted by molar-refractivity contribution is 0.269. The molecule has 3 rings (SSSR count). The zero-order chi connectivity index (χ0) is 22.9. The van der Waals surface area contributed by atoms with Gasteiger partial charge >= 0.3 is 0 Å². The average molecular weight is 539 g/mol. The van der Waals surface area contributed by atoms with Crippen LogP contribution >= 0.6 is 39.1 Å². The van der Waals surface area contributed by atoms with Crippen LogP contribution in [0.3, 0.4) is 0 Å². The number of hydrogen-bond donors (Lipinski definition) is 1. The molecule has 0 spiro atoms. The molecule has 32 heavy (non-hydrogen) atoms. The normalized spacial score (nSPS) is 10.8. The van der Waals surface area contributed by atoms with Crippen molar-refractivity contribution in [2.75, 3.05) is 20.3 Å². The largest absolute Gasteiger partial charge is 0.496 e. The van der Waals surface area contributed by atoms with E-state index in [9.17, 15) is 0 Å². The zero-order valence-electron chi connectivity index (χ0n) is 18.1. The lowest BCUT2D eigenvalue weighted by Gasteiger charge is -2.16. The Kier molecular flexibility index (Phi) is 9.54. The summed E-state index contributed by atoms with van der Waals surface area (Å²) >= 11 is 15.9. The van der Waals surface area contributed by atoms with Gasteiger partial charge in [0.15, 0.2) is 11.5 Å². The van der Waals surface area contributed by atoms with Gasteiger partial charge in [-0.25, -0.2) is 0 Å². The second-order valence-corrected chi connectivity index (χ2v) is 8.78. The predicted octanol–water partition coefficient (Wildman–Crippen LogP) is 7.07. The molecule has 0 saturated carbocycles. The van der Waals surface area contributed by atoms with Crippen molar-refractivity contribution < 1.29 is 14.2 Å². The fraction of sp³-hybridized carbons (Fsp3) is 0.280. The molecule has 0 fully saturated rings. The number of nitrogens with one attached hydrogen (secondary N) is 1. The summed E-state index contributed by atoms with van der Waals surface area (Å²) in [6.07, 6.45) is 0.878. The maximum atomic E-state index is 6.27. The molecular formula is C25H26BrCl2NO3. The van der Waals surface area contributed by atoms with Gasteiger partial charge in [0.05, 0.1) is 13.7 Å². The Balaban J connectivity index is 1.64. The van der Waals surface area contributed by atoms with Crippen LogP contribution in [-0.4, -0.2) is 20.3 Å². The highest BCUT2D eigenvalue weighted by molar-refractivity contribution is 9.10. The third kappa shape index (κ3) is 6.79. The molecule has 7 heteroatoms. The fourth-order valence-corrected chi connectivity index (χ4v) is 4.17. The molecule has 0 aliphatic heterocycles. The van der Waals surface area contributed by atoms with E-state index in [1.807, 2.05) is 43.3 Å². The molecular weight excluding hydrogens is 513 g/mol. The van der Waals surface area contributed by atoms with Crippen LogP contribution in [0, 0.1) is 0 Å². The maximum Gasteiger partial charge on any atom is 0.162 e. The number of hydrogen-bond acceptors (Lipinski definition) is 4. The van der Waals surface area contributed by atoms with E-state index in [0.29, 0.717) is 41.3 Å². The molecule has 0 unspecified atom stereocenters. The van der Waals surface area contributed by atoms with Gasteiger partial charge in [-0.05, 0) is 61.3 Å². The van der Waals surface area contributed by atoms with Crippen molar-refractivity contribution in [1.29, 1.82) is 0 Å². The Labute approximate surface area is 207 Å². The van der Waals surface area contributed by atoms with Crippen LogP contribution < -0.4 is 19.5 Å². The van der Waals surface area contributed by atoms with Crippen molar-refractivity contribution in [3.05, 3.63) is 85.8 Å². The van der Waals surface area contributed by atoms with E-state index in [2.05, 4.69) is 27.3 Å². The number of methoxy groups -OCH3 is 1. The van der Waals surface area contributed by atoms with Gasteiger partial charge in [-0.3, -0.25) is 0 Å². The highest BCUT2D eigenvalue weighted by atomic mass is 79.9. The van der Waals surface area contributed by atoms with Crippen LogP contribution in [0.1, 0.15) is 23.6 Å². The van der Waals surface area contributed by atoms with Crippen molar-refractivity contribution in [2.24, 2.45) is 0 Å². The minimum atomic E-state index is 0.318. The number of halogens is 3. The van der Waals surface area contributed by atoms with E-state index in [0.717, 1.165) is 34.3 Å². The van der Waals surface area contributed by atoms with E-state index in [1.165, 1.54) is 5.56 Å². The van der Waals surface area contributed by atoms with E-state index in [-0.39, 0.29) is 0 Å². The van der Waals surface area contributed by atoms with Crippen LogP contribution in [0.5, 0.6) is 17.2 Å². The molecule has 0 saturated heterocycles. The summed E-state index contributed by atoms with van der Waals surface area (Å²) in [6, 6.07) is 17.4. The summed E-state index contributed by atoms with van der Waals surface area (Å²) in [4.78, 5) is 0. The van der Waals surface area contributed by atoms with Gasteiger partial charge in [0.2, 0.25) is 0 Å². The van der Waals surface area contributed by atoms with Crippen molar-refractivity contribution in [1.82, 2.24) is 5.32 Å². The Morgan fingerprint density at radius 2 is 1.66 bits per heavy atom. The highest BCUT2D eigenvalue weighted by Crippen LogP contribution is 2.35. The fourth-order valence-electron chi connectivity index (χ4n) is 3.24. The van der Waals surface area contributed by atoms with Gasteiger partial charge in [-0.2, -0.15) is 0 Å². The second-order valence-electron chi connectivity index (χ2n) is 7.09. The highest BCUT2D eigenvalue weighted by Gasteiger charge is 2.12. The molecule has 0 aliphatic rings. The number of benzene rings is 3. The summed E-state index contributed by atoms with van der Waals surface area (Å²) in [6.45, 7) is 4.33. The third-order valence-corrected chi connectivity index (χ3v) is 6.22. The Morgan fingerprint density at radius 3 is 2.41 bits per heavy atom. The first-order valence-corrected chi connectivity index (χ1v) is 11.9. The summed E-state index contributed by atoms with van der Waals surface area (Å²) in [5, 5.41) is 4.66. The Hall–Kier alpha value is -1.92. The first kappa shape index (κ1) is 24.7. The molecule has 0 aromatic heterocycles. The maximum absolute atomic E-state index is 6.27. The topological polar surface area (TPSA) is 39.7 Å². The molecule has 4 nitrogen and oxygen atoms in total. The van der Waals surface area contributed by atoms with E-state index < -0.39 is 0 Å². The second kappa shape index (κ2) is 12.4. The Bertz CT molecular complexity index is 1050. The van der Waals surface area contributed by atoms with Gasteiger partial charge in [-0.1, -0.05) is 63.4 Å². The summed E-state index contributed by atoms with van der Waals surface area (Å²) < 4.78 is 18.2. The summed E-state index contributed by atoms with van der Waals surface area (Å²) in [5.74, 6) is 2.27. The minimum Gasteiger partial charge on any atom is -0.496 e. The van der Waals surface area contributed by atoms with Crippen molar-refractivity contribution in [2.45, 2.75) is 26.5 Å². The molecule has 0 atom stereocenters. The summed E-state index contributed by atoms with van der Waals surface area (Å²) in [5.41, 5.74) is 3.13. The molecule has 0 aliphatic carbocycles. The lowest BCUT2D eigenvalue weighted by atomic mass is 10.1. The standard InChI is InChI=1S/C25H26BrCl2NO3/c1-3-31-24-12-19(15-29-11-10-17-6-4-5-7-23(17)30-2)21(26)14-25(24)32-16-18-8-9-20(27)13-22(18)28/h4-9,12-14,29H,3,10-11,15-16H2,1-2H3. The first-order chi connectivity index (χ1) is 15.5. The number of rotatable bonds is 11. The Morgan fingerprint density at radius 1 is 0.875 bits per heavy atom. The van der Waals surface area contributed by atoms with Crippen LogP contribution in [0.2, 0.25) is 10.0 Å². The third-order valence-electron chi connectivity index (χ3n) is 4.89. The van der Waals surface area contributed by atoms with Crippen LogP contribution in [0.15, 0.2) is 59.1 Å². The number of ether oxygens (including phenoxy) is 3. The van der Waals surface area contributed by atoms with E-state index >= 15 is 0 Å². The van der Waals surface area contributed by atoms with Gasteiger partial charge in [-0.15, -0.1) is 0 Å². The van der Waals surface area contributed by atoms with E-state index in [4.69, 9.17) is 37.4 Å². The quantitative estimate of drug-likeness (QED) is 0.265. The monoisotopic (exact) mass is 537 g/mol. The van der Waals surface area contributed by atoms with Gasteiger partial charge in [0.1, 0.15) is 12.4 Å².